The zero-order valence-corrected chi connectivity index (χ0v) is 15.5. The number of nitrogens with one attached hydrogen (secondary N) is 1. The van der Waals surface area contributed by atoms with Gasteiger partial charge in [-0.2, -0.15) is 5.10 Å². The van der Waals surface area contributed by atoms with E-state index in [4.69, 9.17) is 0 Å². The molecule has 4 rings (SSSR count). The van der Waals surface area contributed by atoms with Crippen molar-refractivity contribution in [2.24, 2.45) is 0 Å². The van der Waals surface area contributed by atoms with Crippen LogP contribution in [0.1, 0.15) is 34.3 Å². The Morgan fingerprint density at radius 2 is 1.93 bits per heavy atom. The van der Waals surface area contributed by atoms with Crippen LogP contribution < -0.4 is 10.2 Å². The van der Waals surface area contributed by atoms with Crippen LogP contribution in [0.25, 0.3) is 0 Å². The molecule has 2 amide bonds. The summed E-state index contributed by atoms with van der Waals surface area (Å²) in [5.41, 5.74) is 3.45. The molecule has 6 heteroatoms. The maximum atomic E-state index is 12.5. The second-order valence-corrected chi connectivity index (χ2v) is 6.91. The first kappa shape index (κ1) is 18.0. The van der Waals surface area contributed by atoms with Gasteiger partial charge in [-0.1, -0.05) is 36.4 Å². The third-order valence-corrected chi connectivity index (χ3v) is 4.82. The van der Waals surface area contributed by atoms with Crippen molar-refractivity contribution in [1.82, 2.24) is 15.1 Å². The van der Waals surface area contributed by atoms with E-state index in [1.807, 2.05) is 41.2 Å². The van der Waals surface area contributed by atoms with Crippen LogP contribution in [0.4, 0.5) is 5.69 Å². The monoisotopic (exact) mass is 374 g/mol. The number of anilines is 1. The van der Waals surface area contributed by atoms with Gasteiger partial charge in [0.05, 0.1) is 12.7 Å². The number of nitrogens with zero attached hydrogens (tertiary/aromatic N) is 3. The van der Waals surface area contributed by atoms with Crippen molar-refractivity contribution in [3.05, 3.63) is 83.7 Å². The van der Waals surface area contributed by atoms with Crippen LogP contribution in [0.15, 0.2) is 67.0 Å². The van der Waals surface area contributed by atoms with Crippen LogP contribution in [0.5, 0.6) is 0 Å². The minimum Gasteiger partial charge on any atom is -0.348 e. The number of hydrogen-bond donors (Lipinski definition) is 1. The summed E-state index contributed by atoms with van der Waals surface area (Å²) in [6.45, 7) is 1.81. The molecule has 0 spiro atoms. The third kappa shape index (κ3) is 4.11. The lowest BCUT2D eigenvalue weighted by atomic mass is 10.1. The number of benzene rings is 2. The van der Waals surface area contributed by atoms with Crippen molar-refractivity contribution in [1.29, 1.82) is 0 Å². The number of rotatable bonds is 6. The Bertz CT molecular complexity index is 981. The minimum atomic E-state index is -0.163. The smallest absolute Gasteiger partial charge is 0.251 e. The molecule has 1 aromatic heterocycles. The summed E-state index contributed by atoms with van der Waals surface area (Å²) in [7, 11) is 0. The molecule has 1 aliphatic heterocycles. The molecule has 1 N–H and O–H groups in total. The predicted octanol–water partition coefficient (Wildman–Crippen LogP) is 2.99. The summed E-state index contributed by atoms with van der Waals surface area (Å²) >= 11 is 0. The second kappa shape index (κ2) is 8.08. The van der Waals surface area contributed by atoms with Crippen LogP contribution in [-0.2, 0) is 17.9 Å². The van der Waals surface area contributed by atoms with E-state index in [0.29, 0.717) is 31.6 Å². The Morgan fingerprint density at radius 3 is 2.71 bits per heavy atom. The van der Waals surface area contributed by atoms with Crippen molar-refractivity contribution in [2.75, 3.05) is 11.4 Å². The number of aromatic nitrogens is 2. The van der Waals surface area contributed by atoms with Gasteiger partial charge in [0, 0.05) is 42.5 Å². The zero-order chi connectivity index (χ0) is 19.3. The Morgan fingerprint density at radius 1 is 1.07 bits per heavy atom. The average molecular weight is 374 g/mol. The molecule has 2 heterocycles. The van der Waals surface area contributed by atoms with Gasteiger partial charge in [-0.3, -0.25) is 14.3 Å². The fourth-order valence-corrected chi connectivity index (χ4v) is 3.38. The highest BCUT2D eigenvalue weighted by molar-refractivity contribution is 5.99. The van der Waals surface area contributed by atoms with Crippen molar-refractivity contribution < 1.29 is 9.59 Å². The molecule has 1 aliphatic rings. The molecule has 1 saturated heterocycles. The summed E-state index contributed by atoms with van der Waals surface area (Å²) in [6, 6.07) is 17.3. The lowest BCUT2D eigenvalue weighted by Crippen LogP contribution is -2.25. The summed E-state index contributed by atoms with van der Waals surface area (Å²) in [6.07, 6.45) is 5.14. The number of carbonyl (C=O) groups excluding carboxylic acids is 2. The molecular formula is C22H22N4O2. The topological polar surface area (TPSA) is 67.2 Å². The minimum absolute atomic E-state index is 0.114. The van der Waals surface area contributed by atoms with Crippen LogP contribution in [0.2, 0.25) is 0 Å². The maximum absolute atomic E-state index is 12.5. The summed E-state index contributed by atoms with van der Waals surface area (Å²) in [5, 5.41) is 7.28. The fourth-order valence-electron chi connectivity index (χ4n) is 3.38. The molecule has 28 heavy (non-hydrogen) atoms. The summed E-state index contributed by atoms with van der Waals surface area (Å²) in [4.78, 5) is 26.2. The molecule has 6 nitrogen and oxygen atoms in total. The molecule has 0 atom stereocenters. The van der Waals surface area contributed by atoms with Gasteiger partial charge in [-0.15, -0.1) is 0 Å². The standard InChI is InChI=1S/C22H22N4O2/c27-21-10-5-11-26(21)20-9-4-8-19(12-20)22(28)23-13-18-14-24-25(16-18)15-17-6-2-1-3-7-17/h1-4,6-9,12,14,16H,5,10-11,13,15H2,(H,23,28). The molecule has 3 aromatic rings. The first-order valence-electron chi connectivity index (χ1n) is 9.43. The molecular weight excluding hydrogens is 352 g/mol. The molecule has 0 bridgehead atoms. The van der Waals surface area contributed by atoms with E-state index < -0.39 is 0 Å². The maximum Gasteiger partial charge on any atom is 0.251 e. The van der Waals surface area contributed by atoms with Crippen molar-refractivity contribution >= 4 is 17.5 Å². The van der Waals surface area contributed by atoms with Gasteiger partial charge in [0.25, 0.3) is 5.91 Å². The van der Waals surface area contributed by atoms with Crippen LogP contribution >= 0.6 is 0 Å². The molecule has 0 aliphatic carbocycles. The van der Waals surface area contributed by atoms with E-state index in [9.17, 15) is 9.59 Å². The van der Waals surface area contributed by atoms with E-state index in [-0.39, 0.29) is 11.8 Å². The largest absolute Gasteiger partial charge is 0.348 e. The number of amides is 2. The van der Waals surface area contributed by atoms with Crippen molar-refractivity contribution in [3.63, 3.8) is 0 Å². The SMILES string of the molecule is O=C(NCc1cnn(Cc2ccccc2)c1)c1cccc(N2CCCC2=O)c1. The number of hydrogen-bond acceptors (Lipinski definition) is 3. The zero-order valence-electron chi connectivity index (χ0n) is 15.5. The Hall–Kier alpha value is -3.41. The first-order chi connectivity index (χ1) is 13.7. The fraction of sp³-hybridized carbons (Fsp3) is 0.227. The Balaban J connectivity index is 1.36. The van der Waals surface area contributed by atoms with Gasteiger partial charge in [0.15, 0.2) is 0 Å². The van der Waals surface area contributed by atoms with E-state index >= 15 is 0 Å². The second-order valence-electron chi connectivity index (χ2n) is 6.91. The van der Waals surface area contributed by atoms with E-state index in [1.165, 1.54) is 5.56 Å². The average Bonchev–Trinajstić information content (AvgIpc) is 3.36. The number of carbonyl (C=O) groups is 2. The Kier molecular flexibility index (Phi) is 5.19. The predicted molar refractivity (Wildman–Crippen MR) is 107 cm³/mol. The molecule has 2 aromatic carbocycles. The van der Waals surface area contributed by atoms with Crippen LogP contribution in [-0.4, -0.2) is 28.1 Å². The first-order valence-corrected chi connectivity index (χ1v) is 9.43. The summed E-state index contributed by atoms with van der Waals surface area (Å²) < 4.78 is 1.86. The summed E-state index contributed by atoms with van der Waals surface area (Å²) in [5.74, 6) is -0.0484. The van der Waals surface area contributed by atoms with Gasteiger partial charge < -0.3 is 10.2 Å². The molecule has 0 radical (unpaired) electrons. The van der Waals surface area contributed by atoms with Crippen LogP contribution in [0, 0.1) is 0 Å². The van der Waals surface area contributed by atoms with Gasteiger partial charge >= 0.3 is 0 Å². The quantitative estimate of drug-likeness (QED) is 0.721. The lowest BCUT2D eigenvalue weighted by molar-refractivity contribution is -0.117. The van der Waals surface area contributed by atoms with Crippen molar-refractivity contribution in [3.8, 4) is 0 Å². The third-order valence-electron chi connectivity index (χ3n) is 4.82. The highest BCUT2D eigenvalue weighted by atomic mass is 16.2. The molecule has 1 fully saturated rings. The molecule has 142 valence electrons. The van der Waals surface area contributed by atoms with E-state index in [1.54, 1.807) is 23.2 Å². The normalized spacial score (nSPS) is 13.7. The van der Waals surface area contributed by atoms with E-state index in [2.05, 4.69) is 22.5 Å². The van der Waals surface area contributed by atoms with Crippen LogP contribution in [0.3, 0.4) is 0 Å². The lowest BCUT2D eigenvalue weighted by Gasteiger charge is -2.16. The van der Waals surface area contributed by atoms with Crippen molar-refractivity contribution in [2.45, 2.75) is 25.9 Å². The molecule has 0 unspecified atom stereocenters. The van der Waals surface area contributed by atoms with Gasteiger partial charge in [0.2, 0.25) is 5.91 Å². The van der Waals surface area contributed by atoms with Gasteiger partial charge in [0.1, 0.15) is 0 Å². The Labute approximate surface area is 163 Å². The highest BCUT2D eigenvalue weighted by Crippen LogP contribution is 2.22. The van der Waals surface area contributed by atoms with Gasteiger partial charge in [-0.25, -0.2) is 0 Å². The highest BCUT2D eigenvalue weighted by Gasteiger charge is 2.22. The molecule has 0 saturated carbocycles. The van der Waals surface area contributed by atoms with E-state index in [0.717, 1.165) is 17.7 Å². The van der Waals surface area contributed by atoms with Gasteiger partial charge in [-0.05, 0) is 30.2 Å².